The zero-order chi connectivity index (χ0) is 13.8. The Hall–Kier alpha value is -0.870. The lowest BCUT2D eigenvalue weighted by molar-refractivity contribution is 0.551. The van der Waals surface area contributed by atoms with Gasteiger partial charge in [-0.3, -0.25) is 11.3 Å². The molecule has 0 aliphatic carbocycles. The molecule has 0 bridgehead atoms. The summed E-state index contributed by atoms with van der Waals surface area (Å²) in [5.41, 5.74) is 6.33. The van der Waals surface area contributed by atoms with Crippen LogP contribution < -0.4 is 11.3 Å². The average molecular weight is 340 g/mol. The van der Waals surface area contributed by atoms with Crippen molar-refractivity contribution in [2.75, 3.05) is 0 Å². The summed E-state index contributed by atoms with van der Waals surface area (Å²) in [4.78, 5) is 0. The largest absolute Gasteiger partial charge is 0.271 e. The molecule has 0 fully saturated rings. The van der Waals surface area contributed by atoms with E-state index in [4.69, 9.17) is 17.4 Å². The molecule has 0 spiro atoms. The van der Waals surface area contributed by atoms with Crippen molar-refractivity contribution in [1.82, 2.24) is 5.43 Å². The molecule has 100 valence electrons. The minimum atomic E-state index is 0.0542. The van der Waals surface area contributed by atoms with Gasteiger partial charge in [0.15, 0.2) is 0 Å². The molecule has 2 rings (SSSR count). The summed E-state index contributed by atoms with van der Waals surface area (Å²) in [5.74, 6) is 5.68. The van der Waals surface area contributed by atoms with E-state index in [1.165, 1.54) is 11.1 Å². The summed E-state index contributed by atoms with van der Waals surface area (Å²) in [5, 5.41) is 0.752. The smallest absolute Gasteiger partial charge is 0.0500 e. The van der Waals surface area contributed by atoms with Crippen LogP contribution in [0.2, 0.25) is 5.02 Å². The third kappa shape index (κ3) is 3.80. The second-order valence-electron chi connectivity index (χ2n) is 4.57. The maximum atomic E-state index is 6.25. The maximum Gasteiger partial charge on any atom is 0.0500 e. The lowest BCUT2D eigenvalue weighted by atomic mass is 9.98. The number of aryl methyl sites for hydroxylation is 1. The van der Waals surface area contributed by atoms with E-state index in [1.54, 1.807) is 0 Å². The van der Waals surface area contributed by atoms with Gasteiger partial charge in [-0.05, 0) is 36.6 Å². The number of hydrazine groups is 1. The highest BCUT2D eigenvalue weighted by Crippen LogP contribution is 2.26. The number of hydrogen-bond donors (Lipinski definition) is 2. The first kappa shape index (κ1) is 14.5. The standard InChI is InChI=1S/C15H16BrClN2/c1-10-3-2-4-12(7-10)15(19-18)8-11-5-6-13(16)9-14(11)17/h2-7,9,15,19H,8,18H2,1H3. The number of hydrogen-bond acceptors (Lipinski definition) is 2. The first-order valence-corrected chi connectivity index (χ1v) is 7.24. The summed E-state index contributed by atoms with van der Waals surface area (Å²) in [6.45, 7) is 2.07. The molecule has 2 nitrogen and oxygen atoms in total. The fraction of sp³-hybridized carbons (Fsp3) is 0.200. The average Bonchev–Trinajstić information content (AvgIpc) is 2.38. The molecule has 0 heterocycles. The second kappa shape index (κ2) is 6.53. The Labute approximate surface area is 127 Å². The van der Waals surface area contributed by atoms with Crippen molar-refractivity contribution in [3.63, 3.8) is 0 Å². The van der Waals surface area contributed by atoms with E-state index in [0.29, 0.717) is 0 Å². The summed E-state index contributed by atoms with van der Waals surface area (Å²) in [7, 11) is 0. The Morgan fingerprint density at radius 1 is 1.26 bits per heavy atom. The van der Waals surface area contributed by atoms with E-state index in [-0.39, 0.29) is 6.04 Å². The minimum absolute atomic E-state index is 0.0542. The Bertz CT molecular complexity index is 572. The number of rotatable bonds is 4. The Morgan fingerprint density at radius 3 is 2.68 bits per heavy atom. The first-order valence-electron chi connectivity index (χ1n) is 6.07. The number of nitrogens with two attached hydrogens (primary N) is 1. The number of halogens is 2. The SMILES string of the molecule is Cc1cccc(C(Cc2ccc(Br)cc2Cl)NN)c1. The van der Waals surface area contributed by atoms with Crippen molar-refractivity contribution < 1.29 is 0 Å². The summed E-state index contributed by atoms with van der Waals surface area (Å²) >= 11 is 9.66. The molecule has 0 aromatic heterocycles. The van der Waals surface area contributed by atoms with Crippen LogP contribution in [0.4, 0.5) is 0 Å². The van der Waals surface area contributed by atoms with E-state index in [9.17, 15) is 0 Å². The quantitative estimate of drug-likeness (QED) is 0.648. The van der Waals surface area contributed by atoms with Crippen molar-refractivity contribution in [1.29, 1.82) is 0 Å². The van der Waals surface area contributed by atoms with Crippen LogP contribution in [0, 0.1) is 6.92 Å². The molecule has 0 radical (unpaired) electrons. The second-order valence-corrected chi connectivity index (χ2v) is 5.90. The molecule has 2 aromatic carbocycles. The lowest BCUT2D eigenvalue weighted by Crippen LogP contribution is -2.29. The van der Waals surface area contributed by atoms with Gasteiger partial charge in [0, 0.05) is 9.50 Å². The van der Waals surface area contributed by atoms with E-state index >= 15 is 0 Å². The van der Waals surface area contributed by atoms with Crippen molar-refractivity contribution in [2.24, 2.45) is 5.84 Å². The third-order valence-corrected chi connectivity index (χ3v) is 3.93. The molecule has 1 unspecified atom stereocenters. The highest BCUT2D eigenvalue weighted by atomic mass is 79.9. The van der Waals surface area contributed by atoms with Crippen molar-refractivity contribution >= 4 is 27.5 Å². The van der Waals surface area contributed by atoms with Crippen LogP contribution >= 0.6 is 27.5 Å². The van der Waals surface area contributed by atoms with Crippen molar-refractivity contribution in [3.8, 4) is 0 Å². The molecule has 0 saturated heterocycles. The zero-order valence-corrected chi connectivity index (χ0v) is 13.0. The van der Waals surface area contributed by atoms with Crippen LogP contribution in [-0.2, 0) is 6.42 Å². The molecule has 0 amide bonds. The Balaban J connectivity index is 2.24. The molecular weight excluding hydrogens is 324 g/mol. The molecule has 2 aromatic rings. The van der Waals surface area contributed by atoms with Gasteiger partial charge in [-0.2, -0.15) is 0 Å². The molecule has 0 aliphatic rings. The van der Waals surface area contributed by atoms with Crippen LogP contribution in [0.3, 0.4) is 0 Å². The fourth-order valence-electron chi connectivity index (χ4n) is 2.07. The maximum absolute atomic E-state index is 6.25. The van der Waals surface area contributed by atoms with Crippen LogP contribution in [0.25, 0.3) is 0 Å². The van der Waals surface area contributed by atoms with E-state index in [1.807, 2.05) is 24.3 Å². The summed E-state index contributed by atoms with van der Waals surface area (Å²) in [6, 6.07) is 14.3. The van der Waals surface area contributed by atoms with E-state index in [0.717, 1.165) is 21.5 Å². The molecule has 0 saturated carbocycles. The molecule has 0 aliphatic heterocycles. The molecule has 1 atom stereocenters. The van der Waals surface area contributed by atoms with Crippen LogP contribution in [0.1, 0.15) is 22.7 Å². The number of benzene rings is 2. The fourth-order valence-corrected chi connectivity index (χ4v) is 2.82. The van der Waals surface area contributed by atoms with Gasteiger partial charge < -0.3 is 0 Å². The lowest BCUT2D eigenvalue weighted by Gasteiger charge is -2.18. The monoisotopic (exact) mass is 338 g/mol. The van der Waals surface area contributed by atoms with Gasteiger partial charge in [-0.1, -0.05) is 63.4 Å². The summed E-state index contributed by atoms with van der Waals surface area (Å²) in [6.07, 6.45) is 0.756. The van der Waals surface area contributed by atoms with Gasteiger partial charge in [0.1, 0.15) is 0 Å². The van der Waals surface area contributed by atoms with Crippen LogP contribution in [-0.4, -0.2) is 0 Å². The highest BCUT2D eigenvalue weighted by Gasteiger charge is 2.12. The Morgan fingerprint density at radius 2 is 2.05 bits per heavy atom. The predicted molar refractivity (Wildman–Crippen MR) is 84.1 cm³/mol. The van der Waals surface area contributed by atoms with Crippen molar-refractivity contribution in [3.05, 3.63) is 68.7 Å². The van der Waals surface area contributed by atoms with Crippen LogP contribution in [0.15, 0.2) is 46.9 Å². The Kier molecular flexibility index (Phi) is 4.99. The molecule has 4 heteroatoms. The molecule has 19 heavy (non-hydrogen) atoms. The van der Waals surface area contributed by atoms with E-state index < -0.39 is 0 Å². The van der Waals surface area contributed by atoms with Gasteiger partial charge in [0.05, 0.1) is 6.04 Å². The first-order chi connectivity index (χ1) is 9.10. The number of nitrogens with one attached hydrogen (secondary N) is 1. The van der Waals surface area contributed by atoms with Gasteiger partial charge in [0.25, 0.3) is 0 Å². The third-order valence-electron chi connectivity index (χ3n) is 3.08. The van der Waals surface area contributed by atoms with Crippen LogP contribution in [0.5, 0.6) is 0 Å². The zero-order valence-electron chi connectivity index (χ0n) is 10.7. The highest BCUT2D eigenvalue weighted by molar-refractivity contribution is 9.10. The topological polar surface area (TPSA) is 38.0 Å². The molecule has 3 N–H and O–H groups in total. The van der Waals surface area contributed by atoms with Gasteiger partial charge >= 0.3 is 0 Å². The van der Waals surface area contributed by atoms with Crippen molar-refractivity contribution in [2.45, 2.75) is 19.4 Å². The normalized spacial score (nSPS) is 12.4. The minimum Gasteiger partial charge on any atom is -0.271 e. The van der Waals surface area contributed by atoms with E-state index in [2.05, 4.69) is 46.5 Å². The predicted octanol–water partition coefficient (Wildman–Crippen LogP) is 4.16. The van der Waals surface area contributed by atoms with Gasteiger partial charge in [0.2, 0.25) is 0 Å². The summed E-state index contributed by atoms with van der Waals surface area (Å²) < 4.78 is 0.981. The van der Waals surface area contributed by atoms with Gasteiger partial charge in [-0.15, -0.1) is 0 Å². The molecular formula is C15H16BrClN2. The van der Waals surface area contributed by atoms with Gasteiger partial charge in [-0.25, -0.2) is 0 Å².